The van der Waals surface area contributed by atoms with Crippen LogP contribution in [0.5, 0.6) is 0 Å². The van der Waals surface area contributed by atoms with Gasteiger partial charge in [0.25, 0.3) is 5.91 Å². The molecule has 126 valence electrons. The summed E-state index contributed by atoms with van der Waals surface area (Å²) >= 11 is 0. The fourth-order valence-electron chi connectivity index (χ4n) is 2.79. The predicted octanol–water partition coefficient (Wildman–Crippen LogP) is 3.15. The minimum absolute atomic E-state index is 0.247. The molecule has 1 amide bonds. The number of furan rings is 1. The van der Waals surface area contributed by atoms with Gasteiger partial charge in [-0.05, 0) is 37.3 Å². The molecule has 4 rings (SSSR count). The number of anilines is 1. The van der Waals surface area contributed by atoms with E-state index in [1.54, 1.807) is 23.0 Å². The van der Waals surface area contributed by atoms with Gasteiger partial charge in [-0.2, -0.15) is 5.10 Å². The van der Waals surface area contributed by atoms with Crippen LogP contribution < -0.4 is 5.32 Å². The number of carbonyl (C=O) groups excluding carboxylic acids is 1. The average molecular weight is 335 g/mol. The smallest absolute Gasteiger partial charge is 0.293 e. The van der Waals surface area contributed by atoms with E-state index in [0.717, 1.165) is 11.0 Å². The highest BCUT2D eigenvalue weighted by molar-refractivity contribution is 6.02. The molecule has 0 saturated heterocycles. The number of nitrogens with zero attached hydrogens (tertiary/aromatic N) is 4. The van der Waals surface area contributed by atoms with Crippen LogP contribution in [0.3, 0.4) is 0 Å². The van der Waals surface area contributed by atoms with Crippen LogP contribution in [-0.2, 0) is 13.1 Å². The van der Waals surface area contributed by atoms with E-state index < -0.39 is 0 Å². The Labute approximate surface area is 143 Å². The van der Waals surface area contributed by atoms with Gasteiger partial charge in [0.2, 0.25) is 5.95 Å². The van der Waals surface area contributed by atoms with Crippen molar-refractivity contribution in [3.05, 3.63) is 66.4 Å². The lowest BCUT2D eigenvalue weighted by atomic mass is 10.3. The van der Waals surface area contributed by atoms with Gasteiger partial charge in [-0.1, -0.05) is 12.1 Å². The molecule has 3 aromatic heterocycles. The normalized spacial score (nSPS) is 11.1. The summed E-state index contributed by atoms with van der Waals surface area (Å²) < 4.78 is 9.32. The van der Waals surface area contributed by atoms with Crippen LogP contribution in [0.1, 0.15) is 23.2 Å². The number of fused-ring (bicyclic) bond motifs is 1. The second kappa shape index (κ2) is 6.27. The van der Waals surface area contributed by atoms with Crippen LogP contribution in [0.4, 0.5) is 5.95 Å². The zero-order valence-corrected chi connectivity index (χ0v) is 13.7. The number of imidazole rings is 1. The van der Waals surface area contributed by atoms with Crippen molar-refractivity contribution < 1.29 is 9.21 Å². The maximum Gasteiger partial charge on any atom is 0.293 e. The molecule has 25 heavy (non-hydrogen) atoms. The molecule has 0 unspecified atom stereocenters. The van der Waals surface area contributed by atoms with Gasteiger partial charge in [0.05, 0.1) is 17.6 Å². The van der Waals surface area contributed by atoms with Gasteiger partial charge in [-0.3, -0.25) is 14.8 Å². The second-order valence-corrected chi connectivity index (χ2v) is 5.59. The standard InChI is InChI=1S/C18H17N5O2/c1-2-23-15-7-4-3-6-14(15)20-18(23)21-17(24)16-9-8-13(25-16)12-22-11-5-10-19-22/h3-11H,2,12H2,1H3,(H,20,21,24). The van der Waals surface area contributed by atoms with E-state index in [2.05, 4.69) is 15.4 Å². The molecule has 4 aromatic rings. The van der Waals surface area contributed by atoms with Crippen LogP contribution >= 0.6 is 0 Å². The molecule has 0 aliphatic rings. The number of rotatable bonds is 5. The fourth-order valence-corrected chi connectivity index (χ4v) is 2.79. The van der Waals surface area contributed by atoms with E-state index in [0.29, 0.717) is 24.8 Å². The summed E-state index contributed by atoms with van der Waals surface area (Å²) in [7, 11) is 0. The molecule has 0 spiro atoms. The Bertz CT molecular complexity index is 1010. The van der Waals surface area contributed by atoms with E-state index >= 15 is 0 Å². The lowest BCUT2D eigenvalue weighted by Crippen LogP contribution is -2.15. The number of nitrogens with one attached hydrogen (secondary N) is 1. The van der Waals surface area contributed by atoms with E-state index in [1.807, 2.05) is 48.0 Å². The molecule has 0 aliphatic heterocycles. The molecule has 0 radical (unpaired) electrons. The Morgan fingerprint density at radius 2 is 2.08 bits per heavy atom. The molecule has 1 aromatic carbocycles. The molecular formula is C18H17N5O2. The largest absolute Gasteiger partial charge is 0.454 e. The van der Waals surface area contributed by atoms with Gasteiger partial charge >= 0.3 is 0 Å². The zero-order valence-electron chi connectivity index (χ0n) is 13.7. The summed E-state index contributed by atoms with van der Waals surface area (Å²) in [4.78, 5) is 17.0. The molecule has 7 nitrogen and oxygen atoms in total. The summed E-state index contributed by atoms with van der Waals surface area (Å²) in [6.07, 6.45) is 3.54. The number of benzene rings is 1. The van der Waals surface area contributed by atoms with Crippen LogP contribution in [0.15, 0.2) is 59.3 Å². The Balaban J connectivity index is 1.55. The van der Waals surface area contributed by atoms with Crippen LogP contribution in [0.2, 0.25) is 0 Å². The summed E-state index contributed by atoms with van der Waals surface area (Å²) in [5.74, 6) is 1.10. The average Bonchev–Trinajstić information content (AvgIpc) is 3.34. The third kappa shape index (κ3) is 2.91. The summed E-state index contributed by atoms with van der Waals surface area (Å²) in [5.41, 5.74) is 1.83. The third-order valence-electron chi connectivity index (χ3n) is 3.96. The number of para-hydroxylation sites is 2. The minimum Gasteiger partial charge on any atom is -0.454 e. The monoisotopic (exact) mass is 335 g/mol. The number of aryl methyl sites for hydroxylation is 1. The molecule has 3 heterocycles. The van der Waals surface area contributed by atoms with Crippen LogP contribution in [0.25, 0.3) is 11.0 Å². The van der Waals surface area contributed by atoms with Gasteiger partial charge in [-0.25, -0.2) is 4.98 Å². The molecule has 7 heteroatoms. The number of amides is 1. The Hall–Kier alpha value is -3.35. The first-order valence-electron chi connectivity index (χ1n) is 8.07. The molecule has 0 bridgehead atoms. The first-order chi connectivity index (χ1) is 12.2. The first-order valence-corrected chi connectivity index (χ1v) is 8.07. The summed E-state index contributed by atoms with van der Waals surface area (Å²) in [6, 6.07) is 13.1. The van der Waals surface area contributed by atoms with Crippen molar-refractivity contribution in [2.45, 2.75) is 20.0 Å². The van der Waals surface area contributed by atoms with E-state index in [4.69, 9.17) is 4.42 Å². The molecular weight excluding hydrogens is 318 g/mol. The minimum atomic E-state index is -0.322. The van der Waals surface area contributed by atoms with E-state index in [9.17, 15) is 4.79 Å². The van der Waals surface area contributed by atoms with Crippen LogP contribution in [0, 0.1) is 0 Å². The highest BCUT2D eigenvalue weighted by Crippen LogP contribution is 2.20. The Morgan fingerprint density at radius 1 is 1.20 bits per heavy atom. The zero-order chi connectivity index (χ0) is 17.2. The Morgan fingerprint density at radius 3 is 2.88 bits per heavy atom. The molecule has 1 N–H and O–H groups in total. The van der Waals surface area contributed by atoms with Crippen molar-refractivity contribution >= 4 is 22.9 Å². The summed E-state index contributed by atoms with van der Waals surface area (Å²) in [6.45, 7) is 3.20. The quantitative estimate of drug-likeness (QED) is 0.608. The fraction of sp³-hybridized carbons (Fsp3) is 0.167. The van der Waals surface area contributed by atoms with E-state index in [1.165, 1.54) is 0 Å². The van der Waals surface area contributed by atoms with Gasteiger partial charge in [0.1, 0.15) is 5.76 Å². The van der Waals surface area contributed by atoms with Crippen molar-refractivity contribution in [3.8, 4) is 0 Å². The van der Waals surface area contributed by atoms with Gasteiger partial charge in [-0.15, -0.1) is 0 Å². The van der Waals surface area contributed by atoms with E-state index in [-0.39, 0.29) is 11.7 Å². The lowest BCUT2D eigenvalue weighted by Gasteiger charge is -2.06. The van der Waals surface area contributed by atoms with Crippen molar-refractivity contribution in [1.29, 1.82) is 0 Å². The van der Waals surface area contributed by atoms with Crippen molar-refractivity contribution in [3.63, 3.8) is 0 Å². The van der Waals surface area contributed by atoms with Crippen LogP contribution in [-0.4, -0.2) is 25.2 Å². The Kier molecular flexibility index (Phi) is 3.81. The SMILES string of the molecule is CCn1c(NC(=O)c2ccc(Cn3cccn3)o2)nc2ccccc21. The number of hydrogen-bond acceptors (Lipinski definition) is 4. The van der Waals surface area contributed by atoms with Gasteiger partial charge < -0.3 is 8.98 Å². The molecule has 0 fully saturated rings. The number of carbonyl (C=O) groups is 1. The maximum atomic E-state index is 12.5. The number of hydrogen-bond donors (Lipinski definition) is 1. The molecule has 0 aliphatic carbocycles. The van der Waals surface area contributed by atoms with Gasteiger partial charge in [0, 0.05) is 18.9 Å². The topological polar surface area (TPSA) is 77.9 Å². The highest BCUT2D eigenvalue weighted by atomic mass is 16.4. The van der Waals surface area contributed by atoms with Crippen molar-refractivity contribution in [1.82, 2.24) is 19.3 Å². The first kappa shape index (κ1) is 15.2. The maximum absolute atomic E-state index is 12.5. The predicted molar refractivity (Wildman–Crippen MR) is 93.4 cm³/mol. The number of aromatic nitrogens is 4. The molecule has 0 atom stereocenters. The van der Waals surface area contributed by atoms with Crippen molar-refractivity contribution in [2.75, 3.05) is 5.32 Å². The second-order valence-electron chi connectivity index (χ2n) is 5.59. The van der Waals surface area contributed by atoms with Gasteiger partial charge in [0.15, 0.2) is 5.76 Å². The lowest BCUT2D eigenvalue weighted by molar-refractivity contribution is 0.0993. The third-order valence-corrected chi connectivity index (χ3v) is 3.96. The molecule has 0 saturated carbocycles. The van der Waals surface area contributed by atoms with Crippen molar-refractivity contribution in [2.24, 2.45) is 0 Å². The summed E-state index contributed by atoms with van der Waals surface area (Å²) in [5, 5.41) is 6.96. The highest BCUT2D eigenvalue weighted by Gasteiger charge is 2.16.